The van der Waals surface area contributed by atoms with E-state index in [0.29, 0.717) is 19.4 Å². The van der Waals surface area contributed by atoms with Gasteiger partial charge in [0.15, 0.2) is 0 Å². The predicted molar refractivity (Wildman–Crippen MR) is 338 cm³/mol. The third-order valence-electron chi connectivity index (χ3n) is 16.1. The summed E-state index contributed by atoms with van der Waals surface area (Å²) in [5.41, 5.74) is 0. The van der Waals surface area contributed by atoms with Crippen molar-refractivity contribution in [3.8, 4) is 0 Å². The molecular formula is C71H135NO5. The molecule has 0 saturated heterocycles. The Balaban J connectivity index is 3.40. The standard InChI is InChI=1S/C71H135NO5/c1-3-5-7-9-11-13-15-17-19-32-36-39-43-47-51-55-59-63-69(74)68(67-73)72-70(75)64-60-56-52-48-44-40-37-33-30-28-26-24-22-20-21-23-25-27-29-31-34-38-42-46-50-54-58-62-66-77-71(76)65-61-57-53-49-45-41-35-18-16-14-12-10-8-6-4-2/h18,20-21,35,59,63,68-69,73-74H,3-17,19,22-34,36-58,60-62,64-67H2,1-2H3,(H,72,75)/b21-20-,35-18-,63-59+. The number of nitrogens with one attached hydrogen (secondary N) is 1. The van der Waals surface area contributed by atoms with Crippen LogP contribution < -0.4 is 5.32 Å². The van der Waals surface area contributed by atoms with Gasteiger partial charge in [-0.2, -0.15) is 0 Å². The first kappa shape index (κ1) is 75.1. The van der Waals surface area contributed by atoms with Crippen molar-refractivity contribution in [1.29, 1.82) is 0 Å². The van der Waals surface area contributed by atoms with Crippen LogP contribution in [-0.2, 0) is 14.3 Å². The van der Waals surface area contributed by atoms with E-state index < -0.39 is 12.1 Å². The number of ether oxygens (including phenoxy) is 1. The number of aliphatic hydroxyl groups is 2. The Morgan fingerprint density at radius 2 is 0.610 bits per heavy atom. The molecule has 0 aromatic heterocycles. The van der Waals surface area contributed by atoms with Crippen LogP contribution in [0.1, 0.15) is 380 Å². The summed E-state index contributed by atoms with van der Waals surface area (Å²) in [5.74, 6) is -0.0575. The van der Waals surface area contributed by atoms with Gasteiger partial charge in [-0.05, 0) is 83.5 Å². The summed E-state index contributed by atoms with van der Waals surface area (Å²) < 4.78 is 5.49. The van der Waals surface area contributed by atoms with Crippen LogP contribution in [0.4, 0.5) is 0 Å². The lowest BCUT2D eigenvalue weighted by atomic mass is 10.0. The van der Waals surface area contributed by atoms with Crippen molar-refractivity contribution in [1.82, 2.24) is 5.32 Å². The highest BCUT2D eigenvalue weighted by atomic mass is 16.5. The van der Waals surface area contributed by atoms with Crippen molar-refractivity contribution >= 4 is 11.9 Å². The number of carbonyl (C=O) groups excluding carboxylic acids is 2. The van der Waals surface area contributed by atoms with Gasteiger partial charge < -0.3 is 20.3 Å². The first-order valence-electron chi connectivity index (χ1n) is 34.8. The number of carbonyl (C=O) groups is 2. The van der Waals surface area contributed by atoms with Gasteiger partial charge in [0, 0.05) is 12.8 Å². The van der Waals surface area contributed by atoms with Gasteiger partial charge in [0.2, 0.25) is 5.91 Å². The maximum Gasteiger partial charge on any atom is 0.305 e. The highest BCUT2D eigenvalue weighted by molar-refractivity contribution is 5.76. The molecule has 0 fully saturated rings. The number of amides is 1. The van der Waals surface area contributed by atoms with E-state index >= 15 is 0 Å². The van der Waals surface area contributed by atoms with Gasteiger partial charge >= 0.3 is 5.97 Å². The highest BCUT2D eigenvalue weighted by Crippen LogP contribution is 2.18. The fraction of sp³-hybridized carbons (Fsp3) is 0.887. The summed E-state index contributed by atoms with van der Waals surface area (Å²) in [6.07, 6.45) is 85.0. The van der Waals surface area contributed by atoms with E-state index in [9.17, 15) is 19.8 Å². The molecule has 0 aromatic carbocycles. The highest BCUT2D eigenvalue weighted by Gasteiger charge is 2.18. The zero-order valence-electron chi connectivity index (χ0n) is 52.0. The normalized spacial score (nSPS) is 12.7. The van der Waals surface area contributed by atoms with Gasteiger partial charge in [0.25, 0.3) is 0 Å². The van der Waals surface area contributed by atoms with Gasteiger partial charge in [0.1, 0.15) is 0 Å². The Morgan fingerprint density at radius 1 is 0.351 bits per heavy atom. The average molecular weight is 1080 g/mol. The number of rotatable bonds is 65. The lowest BCUT2D eigenvalue weighted by Crippen LogP contribution is -2.45. The Bertz CT molecular complexity index is 1250. The smallest absolute Gasteiger partial charge is 0.305 e. The zero-order chi connectivity index (χ0) is 55.7. The molecule has 0 aliphatic heterocycles. The molecule has 0 radical (unpaired) electrons. The van der Waals surface area contributed by atoms with E-state index in [2.05, 4.69) is 43.5 Å². The summed E-state index contributed by atoms with van der Waals surface area (Å²) in [4.78, 5) is 24.6. The lowest BCUT2D eigenvalue weighted by molar-refractivity contribution is -0.143. The quantitative estimate of drug-likeness (QED) is 0.0320. The third kappa shape index (κ3) is 63.1. The third-order valence-corrected chi connectivity index (χ3v) is 16.1. The molecule has 2 atom stereocenters. The van der Waals surface area contributed by atoms with Crippen LogP contribution in [0.2, 0.25) is 0 Å². The van der Waals surface area contributed by atoms with Crippen LogP contribution in [-0.4, -0.2) is 47.4 Å². The minimum Gasteiger partial charge on any atom is -0.466 e. The molecule has 0 bridgehead atoms. The van der Waals surface area contributed by atoms with E-state index in [-0.39, 0.29) is 18.5 Å². The summed E-state index contributed by atoms with van der Waals surface area (Å²) in [5, 5.41) is 23.2. The molecular weight excluding hydrogens is 947 g/mol. The predicted octanol–water partition coefficient (Wildman–Crippen LogP) is 22.3. The van der Waals surface area contributed by atoms with Crippen LogP contribution in [0, 0.1) is 0 Å². The van der Waals surface area contributed by atoms with Gasteiger partial charge in [0.05, 0.1) is 25.4 Å². The summed E-state index contributed by atoms with van der Waals surface area (Å²) in [7, 11) is 0. The second kappa shape index (κ2) is 66.6. The van der Waals surface area contributed by atoms with Crippen LogP contribution >= 0.6 is 0 Å². The van der Waals surface area contributed by atoms with Crippen molar-refractivity contribution in [3.63, 3.8) is 0 Å². The number of aliphatic hydroxyl groups excluding tert-OH is 2. The van der Waals surface area contributed by atoms with Crippen molar-refractivity contribution in [2.24, 2.45) is 0 Å². The fourth-order valence-corrected chi connectivity index (χ4v) is 10.8. The van der Waals surface area contributed by atoms with E-state index in [0.717, 1.165) is 44.9 Å². The minimum absolute atomic E-state index is 0.00787. The van der Waals surface area contributed by atoms with Gasteiger partial charge in [-0.15, -0.1) is 0 Å². The van der Waals surface area contributed by atoms with Crippen molar-refractivity contribution in [2.75, 3.05) is 13.2 Å². The molecule has 454 valence electrons. The van der Waals surface area contributed by atoms with Crippen LogP contribution in [0.15, 0.2) is 36.5 Å². The lowest BCUT2D eigenvalue weighted by Gasteiger charge is -2.20. The fourth-order valence-electron chi connectivity index (χ4n) is 10.8. The molecule has 0 aliphatic rings. The molecule has 0 rings (SSSR count). The average Bonchev–Trinajstić information content (AvgIpc) is 3.43. The van der Waals surface area contributed by atoms with Crippen molar-refractivity contribution < 1.29 is 24.5 Å². The Kier molecular flexibility index (Phi) is 64.9. The molecule has 6 nitrogen and oxygen atoms in total. The molecule has 0 saturated carbocycles. The molecule has 0 aromatic rings. The van der Waals surface area contributed by atoms with Gasteiger partial charge in [-0.25, -0.2) is 0 Å². The van der Waals surface area contributed by atoms with E-state index in [1.807, 2.05) is 6.08 Å². The molecule has 6 heteroatoms. The molecule has 77 heavy (non-hydrogen) atoms. The number of esters is 1. The van der Waals surface area contributed by atoms with E-state index in [1.165, 1.54) is 308 Å². The summed E-state index contributed by atoms with van der Waals surface area (Å²) in [6, 6.07) is -0.628. The second-order valence-corrected chi connectivity index (χ2v) is 23.9. The number of unbranched alkanes of at least 4 members (excludes halogenated alkanes) is 50. The topological polar surface area (TPSA) is 95.9 Å². The molecule has 1 amide bonds. The van der Waals surface area contributed by atoms with Crippen LogP contribution in [0.5, 0.6) is 0 Å². The van der Waals surface area contributed by atoms with Gasteiger partial charge in [-0.3, -0.25) is 9.59 Å². The largest absolute Gasteiger partial charge is 0.466 e. The van der Waals surface area contributed by atoms with Crippen LogP contribution in [0.3, 0.4) is 0 Å². The molecule has 3 N–H and O–H groups in total. The molecule has 2 unspecified atom stereocenters. The second-order valence-electron chi connectivity index (χ2n) is 23.9. The molecule has 0 spiro atoms. The Hall–Kier alpha value is -1.92. The maximum atomic E-state index is 12.5. The SMILES string of the molecule is CCCCCCCC/C=C\CCCCCCCC(=O)OCCCCCCCCCCCCCC/C=C\CCCCCCCCCCCCCCC(=O)NC(CO)C(O)/C=C/CCCCCCCCCCCCCCCCC. The Labute approximate surface area is 481 Å². The maximum absolute atomic E-state index is 12.5. The summed E-state index contributed by atoms with van der Waals surface area (Å²) in [6.45, 7) is 4.92. The Morgan fingerprint density at radius 3 is 0.922 bits per heavy atom. The van der Waals surface area contributed by atoms with E-state index in [4.69, 9.17) is 4.74 Å². The van der Waals surface area contributed by atoms with Gasteiger partial charge in [-0.1, -0.05) is 320 Å². The number of hydrogen-bond donors (Lipinski definition) is 3. The number of hydrogen-bond acceptors (Lipinski definition) is 5. The first-order valence-corrected chi connectivity index (χ1v) is 34.8. The zero-order valence-corrected chi connectivity index (χ0v) is 52.0. The minimum atomic E-state index is -0.845. The number of allylic oxidation sites excluding steroid dienone is 5. The van der Waals surface area contributed by atoms with Crippen molar-refractivity contribution in [2.45, 2.75) is 392 Å². The first-order chi connectivity index (χ1) is 38.0. The monoisotopic (exact) mass is 1080 g/mol. The van der Waals surface area contributed by atoms with E-state index in [1.54, 1.807) is 6.08 Å². The molecule has 0 aliphatic carbocycles. The summed E-state index contributed by atoms with van der Waals surface area (Å²) >= 11 is 0. The van der Waals surface area contributed by atoms with Crippen molar-refractivity contribution in [3.05, 3.63) is 36.5 Å². The van der Waals surface area contributed by atoms with Crippen LogP contribution in [0.25, 0.3) is 0 Å². The molecule has 0 heterocycles.